The first-order valence-corrected chi connectivity index (χ1v) is 9.58. The minimum Gasteiger partial charge on any atom is -0.481 e. The van der Waals surface area contributed by atoms with Gasteiger partial charge in [0.15, 0.2) is 11.6 Å². The van der Waals surface area contributed by atoms with Crippen LogP contribution in [0, 0.1) is 18.8 Å². The number of oxazole rings is 1. The van der Waals surface area contributed by atoms with Gasteiger partial charge >= 0.3 is 0 Å². The topological polar surface area (TPSA) is 103 Å². The van der Waals surface area contributed by atoms with Gasteiger partial charge in [-0.25, -0.2) is 9.97 Å². The van der Waals surface area contributed by atoms with Crippen LogP contribution in [-0.2, 0) is 4.74 Å². The van der Waals surface area contributed by atoms with Gasteiger partial charge in [-0.2, -0.15) is 4.98 Å². The Morgan fingerprint density at radius 1 is 1.46 bits per heavy atom. The van der Waals surface area contributed by atoms with Crippen LogP contribution in [0.3, 0.4) is 0 Å². The van der Waals surface area contributed by atoms with E-state index in [0.717, 1.165) is 25.9 Å². The normalized spacial score (nSPS) is 30.5. The van der Waals surface area contributed by atoms with Crippen molar-refractivity contribution < 1.29 is 18.7 Å². The van der Waals surface area contributed by atoms with Crippen LogP contribution >= 0.6 is 0 Å². The summed E-state index contributed by atoms with van der Waals surface area (Å²) < 4.78 is 16.8. The van der Waals surface area contributed by atoms with Crippen LogP contribution in [0.2, 0.25) is 0 Å². The van der Waals surface area contributed by atoms with E-state index in [-0.39, 0.29) is 23.5 Å². The molecule has 2 aromatic heterocycles. The van der Waals surface area contributed by atoms with Gasteiger partial charge in [-0.3, -0.25) is 4.79 Å². The number of aryl methyl sites for hydroxylation is 1. The van der Waals surface area contributed by atoms with Gasteiger partial charge in [0.05, 0.1) is 25.4 Å². The molecule has 0 saturated carbocycles. The quantitative estimate of drug-likeness (QED) is 0.819. The van der Waals surface area contributed by atoms with Crippen molar-refractivity contribution in [2.75, 3.05) is 31.6 Å². The third-order valence-electron chi connectivity index (χ3n) is 6.24. The first-order valence-electron chi connectivity index (χ1n) is 9.58. The maximum Gasteiger partial charge on any atom is 0.273 e. The highest BCUT2D eigenvalue weighted by Gasteiger charge is 2.63. The molecule has 5 rings (SSSR count). The lowest BCUT2D eigenvalue weighted by Gasteiger charge is -2.29. The number of hydrogen-bond acceptors (Lipinski definition) is 8. The number of aromatic nitrogens is 3. The van der Waals surface area contributed by atoms with Crippen molar-refractivity contribution >= 4 is 11.9 Å². The number of nitrogens with zero attached hydrogens (tertiary/aromatic N) is 4. The second-order valence-corrected chi connectivity index (χ2v) is 7.77. The summed E-state index contributed by atoms with van der Waals surface area (Å²) in [5, 5.41) is 3.01. The Hall–Kier alpha value is -2.68. The molecule has 0 aliphatic carbocycles. The standard InChI is InChI=1S/C19H23N5O4/c1-11-22-14(9-27-11)17(25)21-7-12-13-8-24(10-19(13)5-3-15(12)28-19)18-20-6-4-16(23-18)26-2/h4,6,9,12-13,15H,3,5,7-8,10H2,1-2H3,(H,21,25)/t12-,13+,15+,19+/m0/s1. The third-order valence-corrected chi connectivity index (χ3v) is 6.24. The molecule has 3 fully saturated rings. The van der Waals surface area contributed by atoms with E-state index < -0.39 is 0 Å². The molecule has 9 heteroatoms. The second-order valence-electron chi connectivity index (χ2n) is 7.77. The lowest BCUT2D eigenvalue weighted by Crippen LogP contribution is -2.42. The SMILES string of the molecule is COc1ccnc(N2C[C@@H]3[C@H](CNC(=O)c4coc(C)n4)[C@H]4CC[C@]3(C2)O4)n1. The van der Waals surface area contributed by atoms with Gasteiger partial charge in [-0.1, -0.05) is 0 Å². The number of nitrogens with one attached hydrogen (secondary N) is 1. The number of carbonyl (C=O) groups is 1. The van der Waals surface area contributed by atoms with E-state index in [1.165, 1.54) is 6.26 Å². The van der Waals surface area contributed by atoms with Crippen LogP contribution in [0.25, 0.3) is 0 Å². The maximum absolute atomic E-state index is 12.3. The van der Waals surface area contributed by atoms with Crippen LogP contribution in [-0.4, -0.2) is 59.3 Å². The molecule has 9 nitrogen and oxygen atoms in total. The van der Waals surface area contributed by atoms with Gasteiger partial charge < -0.3 is 24.1 Å². The molecule has 2 bridgehead atoms. The molecule has 0 radical (unpaired) electrons. The fourth-order valence-corrected chi connectivity index (χ4v) is 4.98. The molecular formula is C19H23N5O4. The number of carbonyl (C=O) groups excluding carboxylic acids is 1. The predicted octanol–water partition coefficient (Wildman–Crippen LogP) is 1.20. The van der Waals surface area contributed by atoms with Crippen LogP contribution < -0.4 is 15.0 Å². The highest BCUT2D eigenvalue weighted by atomic mass is 16.5. The van der Waals surface area contributed by atoms with E-state index in [0.29, 0.717) is 35.9 Å². The number of anilines is 1. The summed E-state index contributed by atoms with van der Waals surface area (Å²) in [6.45, 7) is 3.87. The van der Waals surface area contributed by atoms with Crippen LogP contribution in [0.4, 0.5) is 5.95 Å². The number of rotatable bonds is 5. The number of methoxy groups -OCH3 is 1. The summed E-state index contributed by atoms with van der Waals surface area (Å²) in [5.41, 5.74) is 0.144. The Kier molecular flexibility index (Phi) is 4.01. The lowest BCUT2D eigenvalue weighted by atomic mass is 9.73. The van der Waals surface area contributed by atoms with Crippen molar-refractivity contribution in [2.24, 2.45) is 11.8 Å². The number of amides is 1. The van der Waals surface area contributed by atoms with E-state index in [4.69, 9.17) is 13.9 Å². The third kappa shape index (κ3) is 2.72. The minimum atomic E-state index is -0.209. The van der Waals surface area contributed by atoms with Crippen molar-refractivity contribution in [1.29, 1.82) is 0 Å². The van der Waals surface area contributed by atoms with Gasteiger partial charge in [0.1, 0.15) is 6.26 Å². The molecule has 1 N–H and O–H groups in total. The van der Waals surface area contributed by atoms with Crippen LogP contribution in [0.1, 0.15) is 29.2 Å². The molecule has 1 spiro atoms. The summed E-state index contributed by atoms with van der Waals surface area (Å²) in [7, 11) is 1.60. The molecule has 1 amide bonds. The van der Waals surface area contributed by atoms with Gasteiger partial charge in [0.2, 0.25) is 11.8 Å². The van der Waals surface area contributed by atoms with Crippen molar-refractivity contribution in [3.8, 4) is 5.88 Å². The average Bonchev–Trinajstić information content (AvgIpc) is 3.46. The van der Waals surface area contributed by atoms with Crippen LogP contribution in [0.5, 0.6) is 5.88 Å². The molecular weight excluding hydrogens is 362 g/mol. The molecule has 0 unspecified atom stereocenters. The molecule has 3 saturated heterocycles. The average molecular weight is 385 g/mol. The van der Waals surface area contributed by atoms with E-state index >= 15 is 0 Å². The van der Waals surface area contributed by atoms with Crippen LogP contribution in [0.15, 0.2) is 22.9 Å². The molecule has 3 aliphatic heterocycles. The Bertz CT molecular complexity index is 902. The smallest absolute Gasteiger partial charge is 0.273 e. The Morgan fingerprint density at radius 3 is 3.14 bits per heavy atom. The number of fused-ring (bicyclic) bond motifs is 1. The second kappa shape index (κ2) is 6.44. The van der Waals surface area contributed by atoms with Crippen molar-refractivity contribution in [3.63, 3.8) is 0 Å². The molecule has 5 heterocycles. The Morgan fingerprint density at radius 2 is 2.36 bits per heavy atom. The molecule has 3 aliphatic rings. The van der Waals surface area contributed by atoms with Gasteiger partial charge in [0.25, 0.3) is 5.91 Å². The first kappa shape index (κ1) is 17.4. The zero-order valence-corrected chi connectivity index (χ0v) is 15.9. The van der Waals surface area contributed by atoms with Gasteiger partial charge in [0, 0.05) is 44.1 Å². The van der Waals surface area contributed by atoms with E-state index in [9.17, 15) is 4.79 Å². The zero-order chi connectivity index (χ0) is 19.3. The first-order chi connectivity index (χ1) is 13.6. The monoisotopic (exact) mass is 385 g/mol. The fraction of sp³-hybridized carbons (Fsp3) is 0.579. The number of ether oxygens (including phenoxy) is 2. The van der Waals surface area contributed by atoms with E-state index in [1.54, 1.807) is 26.3 Å². The Labute approximate surface area is 162 Å². The van der Waals surface area contributed by atoms with Crippen molar-refractivity contribution in [2.45, 2.75) is 31.5 Å². The van der Waals surface area contributed by atoms with E-state index in [2.05, 4.69) is 25.2 Å². The van der Waals surface area contributed by atoms with Gasteiger partial charge in [-0.05, 0) is 12.8 Å². The number of hydrogen-bond donors (Lipinski definition) is 1. The lowest BCUT2D eigenvalue weighted by molar-refractivity contribution is 0.0141. The summed E-state index contributed by atoms with van der Waals surface area (Å²) in [5.74, 6) is 2.09. The van der Waals surface area contributed by atoms with Gasteiger partial charge in [-0.15, -0.1) is 0 Å². The van der Waals surface area contributed by atoms with E-state index in [1.807, 2.05) is 0 Å². The minimum absolute atomic E-state index is 0.170. The summed E-state index contributed by atoms with van der Waals surface area (Å²) in [4.78, 5) is 27.5. The summed E-state index contributed by atoms with van der Waals surface area (Å²) >= 11 is 0. The Balaban J connectivity index is 1.30. The largest absolute Gasteiger partial charge is 0.481 e. The predicted molar refractivity (Wildman–Crippen MR) is 98.2 cm³/mol. The zero-order valence-electron chi connectivity index (χ0n) is 15.9. The van der Waals surface area contributed by atoms with Crippen molar-refractivity contribution in [3.05, 3.63) is 30.1 Å². The molecule has 28 heavy (non-hydrogen) atoms. The molecule has 2 aromatic rings. The summed E-state index contributed by atoms with van der Waals surface area (Å²) in [6, 6.07) is 1.74. The maximum atomic E-state index is 12.3. The molecule has 148 valence electrons. The highest BCUT2D eigenvalue weighted by molar-refractivity contribution is 5.91. The summed E-state index contributed by atoms with van der Waals surface area (Å²) in [6.07, 6.45) is 5.35. The molecule has 0 aromatic carbocycles. The highest BCUT2D eigenvalue weighted by Crippen LogP contribution is 2.55. The fourth-order valence-electron chi connectivity index (χ4n) is 4.98. The molecule has 4 atom stereocenters. The van der Waals surface area contributed by atoms with Crippen molar-refractivity contribution in [1.82, 2.24) is 20.3 Å².